The molecule has 0 atom stereocenters. The Morgan fingerprint density at radius 1 is 0.500 bits per heavy atom. The number of fused-ring (bicyclic) bond motifs is 2. The lowest BCUT2D eigenvalue weighted by Crippen LogP contribution is -2.43. The normalized spacial score (nSPS) is 13.5. The Kier molecular flexibility index (Phi) is 6.54. The first kappa shape index (κ1) is 25.1. The van der Waals surface area contributed by atoms with Gasteiger partial charge in [-0.15, -0.1) is 0 Å². The number of pyridine rings is 2. The number of rotatable bonds is 7. The minimum Gasteiger partial charge on any atom is -0.260 e. The van der Waals surface area contributed by atoms with Gasteiger partial charge < -0.3 is 0 Å². The fraction of sp³-hybridized carbons (Fsp3) is 0.400. The summed E-state index contributed by atoms with van der Waals surface area (Å²) in [6.07, 6.45) is 3.90. The maximum Gasteiger partial charge on any atom is 0.0552 e. The van der Waals surface area contributed by atoms with Crippen LogP contribution in [0.3, 0.4) is 0 Å². The van der Waals surface area contributed by atoms with E-state index >= 15 is 0 Å². The Balaban J connectivity index is 1.64. The summed E-state index contributed by atoms with van der Waals surface area (Å²) in [6.45, 7) is 18.8. The van der Waals surface area contributed by atoms with Crippen LogP contribution in [0.25, 0.3) is 21.5 Å². The summed E-state index contributed by atoms with van der Waals surface area (Å²) < 4.78 is -0.122. The fourth-order valence-corrected chi connectivity index (χ4v) is 7.75. The third-order valence-corrected chi connectivity index (χ3v) is 12.7. The molecule has 4 aromatic rings. The van der Waals surface area contributed by atoms with Gasteiger partial charge in [-0.3, -0.25) is 9.97 Å². The van der Waals surface area contributed by atoms with Crippen LogP contribution in [0.5, 0.6) is 0 Å². The van der Waals surface area contributed by atoms with Gasteiger partial charge in [0.1, 0.15) is 0 Å². The summed E-state index contributed by atoms with van der Waals surface area (Å²) in [6, 6.07) is 21.4. The van der Waals surface area contributed by atoms with Crippen LogP contribution in [0.1, 0.15) is 66.8 Å². The standard InChI is InChI=1S/C30H36N2S2/c1-27(2,25-23-15-11-9-13-21(23)17-19-31-25)29(5,6)33-34-30(7,8)28(3,4)26-24-16-12-10-14-22(24)18-20-32-26/h9-20H,1-8H3. The van der Waals surface area contributed by atoms with Crippen molar-refractivity contribution in [1.82, 2.24) is 9.97 Å². The quantitative estimate of drug-likeness (QED) is 0.242. The average molecular weight is 489 g/mol. The molecule has 0 saturated heterocycles. The lowest BCUT2D eigenvalue weighted by molar-refractivity contribution is 0.402. The Morgan fingerprint density at radius 3 is 1.24 bits per heavy atom. The highest BCUT2D eigenvalue weighted by Crippen LogP contribution is 2.57. The Morgan fingerprint density at radius 2 is 0.853 bits per heavy atom. The van der Waals surface area contributed by atoms with Crippen LogP contribution >= 0.6 is 21.6 Å². The number of nitrogens with zero attached hydrogens (tertiary/aromatic N) is 2. The van der Waals surface area contributed by atoms with Gasteiger partial charge in [0.2, 0.25) is 0 Å². The van der Waals surface area contributed by atoms with Crippen molar-refractivity contribution in [2.45, 2.75) is 75.7 Å². The molecule has 0 aliphatic heterocycles. The summed E-state index contributed by atoms with van der Waals surface area (Å²) in [5, 5.41) is 4.98. The molecule has 2 nitrogen and oxygen atoms in total. The molecular formula is C30H36N2S2. The van der Waals surface area contributed by atoms with Crippen LogP contribution in [-0.2, 0) is 10.8 Å². The third-order valence-electron chi connectivity index (χ3n) is 8.00. The lowest BCUT2D eigenvalue weighted by atomic mass is 9.75. The molecule has 0 aliphatic carbocycles. The molecule has 4 heteroatoms. The molecule has 2 aromatic heterocycles. The van der Waals surface area contributed by atoms with E-state index in [9.17, 15) is 0 Å². The Labute approximate surface area is 212 Å². The number of hydrogen-bond acceptors (Lipinski definition) is 4. The highest BCUT2D eigenvalue weighted by atomic mass is 33.1. The fourth-order valence-electron chi connectivity index (χ4n) is 4.22. The van der Waals surface area contributed by atoms with Gasteiger partial charge in [0.15, 0.2) is 0 Å². The summed E-state index contributed by atoms with van der Waals surface area (Å²) >= 11 is 0. The number of aromatic nitrogens is 2. The van der Waals surface area contributed by atoms with Gasteiger partial charge in [-0.05, 0) is 50.6 Å². The van der Waals surface area contributed by atoms with Gasteiger partial charge in [0.25, 0.3) is 0 Å². The maximum atomic E-state index is 4.89. The first-order valence-corrected chi connectivity index (χ1v) is 14.1. The van der Waals surface area contributed by atoms with E-state index in [-0.39, 0.29) is 20.3 Å². The van der Waals surface area contributed by atoms with Gasteiger partial charge in [-0.1, -0.05) is 97.8 Å². The zero-order valence-corrected chi connectivity index (χ0v) is 23.3. The van der Waals surface area contributed by atoms with Crippen LogP contribution in [0.15, 0.2) is 73.1 Å². The van der Waals surface area contributed by atoms with Crippen molar-refractivity contribution in [1.29, 1.82) is 0 Å². The molecule has 0 N–H and O–H groups in total. The highest BCUT2D eigenvalue weighted by Gasteiger charge is 2.46. The zero-order valence-electron chi connectivity index (χ0n) is 21.6. The molecular weight excluding hydrogens is 452 g/mol. The average Bonchev–Trinajstić information content (AvgIpc) is 2.82. The molecule has 0 spiro atoms. The SMILES string of the molecule is CC(C)(SSC(C)(C)C(C)(C)c1nccc2ccccc12)C(C)(C)c1nccc2ccccc12. The minimum absolute atomic E-state index is 0.0612. The second-order valence-electron chi connectivity index (χ2n) is 11.2. The van der Waals surface area contributed by atoms with Gasteiger partial charge in [0, 0.05) is 43.5 Å². The molecule has 0 radical (unpaired) electrons. The van der Waals surface area contributed by atoms with E-state index in [4.69, 9.17) is 9.97 Å². The van der Waals surface area contributed by atoms with Crippen LogP contribution in [0.2, 0.25) is 0 Å². The Bertz CT molecular complexity index is 1210. The summed E-state index contributed by atoms with van der Waals surface area (Å²) in [4.78, 5) is 9.77. The predicted molar refractivity (Wildman–Crippen MR) is 153 cm³/mol. The van der Waals surface area contributed by atoms with Gasteiger partial charge in [-0.25, -0.2) is 0 Å². The van der Waals surface area contributed by atoms with Crippen LogP contribution in [0.4, 0.5) is 0 Å². The molecule has 0 fully saturated rings. The van der Waals surface area contributed by atoms with E-state index in [0.717, 1.165) is 11.4 Å². The van der Waals surface area contributed by atoms with E-state index < -0.39 is 0 Å². The first-order valence-electron chi connectivity index (χ1n) is 11.9. The molecule has 0 unspecified atom stereocenters. The number of benzene rings is 2. The monoisotopic (exact) mass is 488 g/mol. The molecule has 0 saturated carbocycles. The third kappa shape index (κ3) is 4.24. The zero-order chi connectivity index (χ0) is 24.8. The second-order valence-corrected chi connectivity index (χ2v) is 14.6. The van der Waals surface area contributed by atoms with E-state index in [1.165, 1.54) is 21.5 Å². The maximum absolute atomic E-state index is 4.89. The second kappa shape index (κ2) is 8.87. The summed E-state index contributed by atoms with van der Waals surface area (Å²) in [5.41, 5.74) is 2.06. The van der Waals surface area contributed by atoms with Gasteiger partial charge in [0.05, 0.1) is 11.4 Å². The van der Waals surface area contributed by atoms with Crippen LogP contribution in [-0.4, -0.2) is 19.5 Å². The van der Waals surface area contributed by atoms with Gasteiger partial charge in [-0.2, -0.15) is 0 Å². The van der Waals surface area contributed by atoms with Gasteiger partial charge >= 0.3 is 0 Å². The molecule has 178 valence electrons. The molecule has 2 aromatic carbocycles. The molecule has 0 aliphatic rings. The van der Waals surface area contributed by atoms with E-state index in [1.54, 1.807) is 0 Å². The van der Waals surface area contributed by atoms with E-state index in [2.05, 4.69) is 116 Å². The molecule has 34 heavy (non-hydrogen) atoms. The van der Waals surface area contributed by atoms with Crippen molar-refractivity contribution < 1.29 is 0 Å². The first-order chi connectivity index (χ1) is 15.9. The van der Waals surface area contributed by atoms with Crippen molar-refractivity contribution >= 4 is 43.1 Å². The van der Waals surface area contributed by atoms with Crippen molar-refractivity contribution in [3.63, 3.8) is 0 Å². The van der Waals surface area contributed by atoms with Crippen molar-refractivity contribution in [3.8, 4) is 0 Å². The number of hydrogen-bond donors (Lipinski definition) is 0. The van der Waals surface area contributed by atoms with Crippen LogP contribution < -0.4 is 0 Å². The Hall–Kier alpha value is -2.04. The highest BCUT2D eigenvalue weighted by molar-refractivity contribution is 8.77. The summed E-state index contributed by atoms with van der Waals surface area (Å²) in [7, 11) is 3.94. The topological polar surface area (TPSA) is 25.8 Å². The summed E-state index contributed by atoms with van der Waals surface area (Å²) in [5.74, 6) is 0. The van der Waals surface area contributed by atoms with Crippen molar-refractivity contribution in [2.24, 2.45) is 0 Å². The largest absolute Gasteiger partial charge is 0.260 e. The smallest absolute Gasteiger partial charge is 0.0552 e. The van der Waals surface area contributed by atoms with E-state index in [1.807, 2.05) is 34.0 Å². The predicted octanol–water partition coefficient (Wildman–Crippen LogP) is 8.98. The molecule has 0 amide bonds. The molecule has 0 bridgehead atoms. The van der Waals surface area contributed by atoms with Crippen LogP contribution in [0, 0.1) is 0 Å². The molecule has 2 heterocycles. The molecule has 4 rings (SSSR count). The minimum atomic E-state index is -0.135. The lowest BCUT2D eigenvalue weighted by Gasteiger charge is -2.45. The van der Waals surface area contributed by atoms with Crippen molar-refractivity contribution in [2.75, 3.05) is 0 Å². The van der Waals surface area contributed by atoms with Crippen molar-refractivity contribution in [3.05, 3.63) is 84.4 Å². The van der Waals surface area contributed by atoms with E-state index in [0.29, 0.717) is 0 Å².